The number of hydrogen-bond donors (Lipinski definition) is 3. The van der Waals surface area contributed by atoms with Crippen molar-refractivity contribution in [1.29, 1.82) is 0 Å². The maximum Gasteiger partial charge on any atom is 0.337 e. The van der Waals surface area contributed by atoms with Crippen molar-refractivity contribution in [1.82, 2.24) is 0 Å². The largest absolute Gasteiger partial charge is 0.478 e. The van der Waals surface area contributed by atoms with Crippen molar-refractivity contribution < 1.29 is 22.7 Å². The van der Waals surface area contributed by atoms with Gasteiger partial charge >= 0.3 is 5.97 Å². The number of para-hydroxylation sites is 1. The van der Waals surface area contributed by atoms with Gasteiger partial charge in [-0.3, -0.25) is 4.72 Å². The summed E-state index contributed by atoms with van der Waals surface area (Å²) >= 11 is 6.28. The molecule has 0 aliphatic rings. The number of nitrogens with one attached hydrogen (secondary N) is 2. The summed E-state index contributed by atoms with van der Waals surface area (Å²) in [5.74, 6) is -0.755. The van der Waals surface area contributed by atoms with Crippen molar-refractivity contribution in [2.75, 3.05) is 10.0 Å². The van der Waals surface area contributed by atoms with E-state index in [-0.39, 0.29) is 34.2 Å². The summed E-state index contributed by atoms with van der Waals surface area (Å²) in [7, 11) is -4.27. The van der Waals surface area contributed by atoms with Crippen LogP contribution in [-0.2, 0) is 16.6 Å². The third-order valence-electron chi connectivity index (χ3n) is 4.80. The summed E-state index contributed by atoms with van der Waals surface area (Å²) in [6, 6.07) is 21.1. The summed E-state index contributed by atoms with van der Waals surface area (Å²) in [6.07, 6.45) is 1.49. The van der Waals surface area contributed by atoms with E-state index in [4.69, 9.17) is 16.0 Å². The summed E-state index contributed by atoms with van der Waals surface area (Å²) in [5.41, 5.74) is 0.900. The van der Waals surface area contributed by atoms with Crippen molar-refractivity contribution in [2.24, 2.45) is 10.2 Å². The molecule has 4 aromatic rings. The van der Waals surface area contributed by atoms with E-state index in [1.807, 2.05) is 6.07 Å². The number of carboxylic acids is 1. The van der Waals surface area contributed by atoms with E-state index in [1.54, 1.807) is 54.6 Å². The molecule has 0 spiro atoms. The zero-order chi connectivity index (χ0) is 24.8. The van der Waals surface area contributed by atoms with E-state index in [1.165, 1.54) is 18.4 Å². The van der Waals surface area contributed by atoms with E-state index in [9.17, 15) is 18.3 Å². The molecule has 0 unspecified atom stereocenters. The van der Waals surface area contributed by atoms with Crippen LogP contribution in [-0.4, -0.2) is 19.5 Å². The highest BCUT2D eigenvalue weighted by molar-refractivity contribution is 7.92. The normalized spacial score (nSPS) is 11.5. The van der Waals surface area contributed by atoms with Crippen molar-refractivity contribution in [3.63, 3.8) is 0 Å². The predicted molar refractivity (Wildman–Crippen MR) is 132 cm³/mol. The molecule has 4 rings (SSSR count). The van der Waals surface area contributed by atoms with Crippen LogP contribution in [0.25, 0.3) is 0 Å². The Morgan fingerprint density at radius 2 is 1.69 bits per heavy atom. The molecule has 35 heavy (non-hydrogen) atoms. The Kier molecular flexibility index (Phi) is 7.14. The quantitative estimate of drug-likeness (QED) is 0.221. The Labute approximate surface area is 206 Å². The summed E-state index contributed by atoms with van der Waals surface area (Å²) in [6.45, 7) is 0.188. The van der Waals surface area contributed by atoms with Gasteiger partial charge in [0.1, 0.15) is 16.3 Å². The van der Waals surface area contributed by atoms with E-state index < -0.39 is 20.9 Å². The van der Waals surface area contributed by atoms with Crippen molar-refractivity contribution in [2.45, 2.75) is 11.4 Å². The van der Waals surface area contributed by atoms with Crippen LogP contribution in [0.5, 0.6) is 0 Å². The first-order chi connectivity index (χ1) is 16.8. The molecule has 0 radical (unpaired) electrons. The Balaban J connectivity index is 1.63. The first-order valence-corrected chi connectivity index (χ1v) is 12.1. The molecule has 0 aliphatic carbocycles. The van der Waals surface area contributed by atoms with Gasteiger partial charge in [-0.25, -0.2) is 13.2 Å². The number of rotatable bonds is 9. The highest BCUT2D eigenvalue weighted by Crippen LogP contribution is 2.33. The minimum absolute atomic E-state index is 0.148. The van der Waals surface area contributed by atoms with E-state index >= 15 is 0 Å². The van der Waals surface area contributed by atoms with Crippen molar-refractivity contribution in [3.8, 4) is 0 Å². The van der Waals surface area contributed by atoms with E-state index in [0.29, 0.717) is 11.4 Å². The minimum atomic E-state index is -4.27. The SMILES string of the molecule is O=C(O)c1cc(S(=O)(=O)Nc2ccccc2N=Nc2ccccc2)c(Cl)cc1NCc1ccco1. The smallest absolute Gasteiger partial charge is 0.337 e. The predicted octanol–water partition coefficient (Wildman–Crippen LogP) is 6.46. The first kappa shape index (κ1) is 24.0. The lowest BCUT2D eigenvalue weighted by Gasteiger charge is -2.14. The van der Waals surface area contributed by atoms with Gasteiger partial charge in [0, 0.05) is 0 Å². The Bertz CT molecular complexity index is 1470. The van der Waals surface area contributed by atoms with Gasteiger partial charge in [-0.1, -0.05) is 41.9 Å². The van der Waals surface area contributed by atoms with Gasteiger partial charge in [-0.2, -0.15) is 5.11 Å². The molecule has 1 heterocycles. The number of hydrogen-bond acceptors (Lipinski definition) is 7. The van der Waals surface area contributed by atoms with E-state index in [2.05, 4.69) is 20.3 Å². The molecule has 11 heteroatoms. The average molecular weight is 511 g/mol. The first-order valence-electron chi connectivity index (χ1n) is 10.3. The van der Waals surface area contributed by atoms with Crippen LogP contribution in [0.4, 0.5) is 22.7 Å². The number of aromatic carboxylic acids is 1. The lowest BCUT2D eigenvalue weighted by molar-refractivity contribution is 0.0697. The second kappa shape index (κ2) is 10.4. The lowest BCUT2D eigenvalue weighted by atomic mass is 10.1. The lowest BCUT2D eigenvalue weighted by Crippen LogP contribution is -2.15. The summed E-state index contributed by atoms with van der Waals surface area (Å²) in [5, 5.41) is 20.7. The van der Waals surface area contributed by atoms with Crippen molar-refractivity contribution in [3.05, 3.63) is 101 Å². The standard InChI is InChI=1S/C24H19ClN4O5S/c25-19-14-22(26-15-17-9-6-12-34-17)18(24(30)31)13-23(19)35(32,33)29-21-11-5-4-10-20(21)28-27-16-7-2-1-3-8-16/h1-14,26,29H,15H2,(H,30,31). The molecule has 0 saturated carbocycles. The average Bonchev–Trinajstić information content (AvgIpc) is 3.36. The number of nitrogens with zero attached hydrogens (tertiary/aromatic N) is 2. The number of azo groups is 1. The Morgan fingerprint density at radius 1 is 0.943 bits per heavy atom. The van der Waals surface area contributed by atoms with E-state index in [0.717, 1.165) is 6.07 Å². The maximum absolute atomic E-state index is 13.2. The monoisotopic (exact) mass is 510 g/mol. The molecule has 0 amide bonds. The fourth-order valence-electron chi connectivity index (χ4n) is 3.13. The van der Waals surface area contributed by atoms with Crippen LogP contribution in [0, 0.1) is 0 Å². The number of carboxylic acid groups (broad SMARTS) is 1. The number of furan rings is 1. The third-order valence-corrected chi connectivity index (χ3v) is 6.63. The molecule has 0 aliphatic heterocycles. The molecule has 9 nitrogen and oxygen atoms in total. The molecular formula is C24H19ClN4O5S. The molecule has 178 valence electrons. The number of carbonyl (C=O) groups is 1. The molecule has 1 aromatic heterocycles. The van der Waals surface area contributed by atoms with Gasteiger partial charge in [0.25, 0.3) is 10.0 Å². The van der Waals surface area contributed by atoms with Crippen LogP contribution in [0.2, 0.25) is 5.02 Å². The molecule has 0 fully saturated rings. The maximum atomic E-state index is 13.2. The number of sulfonamides is 1. The van der Waals surface area contributed by atoms with Gasteiger partial charge in [0.15, 0.2) is 0 Å². The zero-order valence-corrected chi connectivity index (χ0v) is 19.6. The minimum Gasteiger partial charge on any atom is -0.478 e. The molecule has 3 N–H and O–H groups in total. The number of anilines is 2. The summed E-state index contributed by atoms with van der Waals surface area (Å²) in [4.78, 5) is 11.5. The fraction of sp³-hybridized carbons (Fsp3) is 0.0417. The molecule has 3 aromatic carbocycles. The van der Waals surface area contributed by atoms with Crippen molar-refractivity contribution >= 4 is 50.3 Å². The van der Waals surface area contributed by atoms with Gasteiger partial charge < -0.3 is 14.8 Å². The van der Waals surface area contributed by atoms with Crippen LogP contribution in [0.15, 0.2) is 105 Å². The van der Waals surface area contributed by atoms with Gasteiger partial charge in [-0.15, -0.1) is 5.11 Å². The molecular weight excluding hydrogens is 492 g/mol. The highest BCUT2D eigenvalue weighted by Gasteiger charge is 2.24. The van der Waals surface area contributed by atoms with Crippen LogP contribution >= 0.6 is 11.6 Å². The number of halogens is 1. The molecule has 0 bridgehead atoms. The van der Waals surface area contributed by atoms with Gasteiger partial charge in [-0.05, 0) is 48.5 Å². The van der Waals surface area contributed by atoms with Crippen LogP contribution in [0.1, 0.15) is 16.1 Å². The zero-order valence-electron chi connectivity index (χ0n) is 18.1. The second-order valence-electron chi connectivity index (χ2n) is 7.22. The highest BCUT2D eigenvalue weighted by atomic mass is 35.5. The van der Waals surface area contributed by atoms with Crippen LogP contribution < -0.4 is 10.0 Å². The Hall–Kier alpha value is -4.15. The summed E-state index contributed by atoms with van der Waals surface area (Å²) < 4.78 is 34.0. The second-order valence-corrected chi connectivity index (χ2v) is 9.28. The van der Waals surface area contributed by atoms with Gasteiger partial charge in [0.05, 0.1) is 40.5 Å². The molecule has 0 atom stereocenters. The number of benzene rings is 3. The molecule has 0 saturated heterocycles. The van der Waals surface area contributed by atoms with Gasteiger partial charge in [0.2, 0.25) is 0 Å². The fourth-order valence-corrected chi connectivity index (χ4v) is 4.76. The topological polar surface area (TPSA) is 133 Å². The third kappa shape index (κ3) is 5.86. The van der Waals surface area contributed by atoms with Crippen LogP contribution in [0.3, 0.4) is 0 Å². The Morgan fingerprint density at radius 3 is 2.40 bits per heavy atom.